The van der Waals surface area contributed by atoms with Crippen LogP contribution in [0.15, 0.2) is 47.9 Å². The van der Waals surface area contributed by atoms with Crippen molar-refractivity contribution in [1.82, 2.24) is 0 Å². The van der Waals surface area contributed by atoms with Gasteiger partial charge in [0.25, 0.3) is 0 Å². The predicted octanol–water partition coefficient (Wildman–Crippen LogP) is 2.42. The van der Waals surface area contributed by atoms with Gasteiger partial charge in [0.05, 0.1) is 0 Å². The van der Waals surface area contributed by atoms with E-state index >= 15 is 0 Å². The van der Waals surface area contributed by atoms with Gasteiger partial charge in [0.15, 0.2) is 0 Å². The highest BCUT2D eigenvalue weighted by Crippen LogP contribution is 2.07. The highest BCUT2D eigenvalue weighted by molar-refractivity contribution is 5.31. The Kier molecular flexibility index (Phi) is 4.61. The monoisotopic (exact) mass is 165 g/mol. The molecule has 0 fully saturated rings. The lowest BCUT2D eigenvalue weighted by Crippen LogP contribution is -1.81. The third kappa shape index (κ3) is 4.39. The van der Waals surface area contributed by atoms with Gasteiger partial charge in [-0.2, -0.15) is 0 Å². The fourth-order valence-corrected chi connectivity index (χ4v) is 0.547. The van der Waals surface area contributed by atoms with Crippen molar-refractivity contribution in [3.8, 4) is 0 Å². The zero-order valence-electron chi connectivity index (χ0n) is 7.54. The minimum Gasteiger partial charge on any atom is -0.508 e. The molecule has 0 spiro atoms. The van der Waals surface area contributed by atoms with Gasteiger partial charge in [-0.15, -0.1) is 0 Å². The Bertz CT molecular complexity index is 247. The molecule has 0 radical (unpaired) electrons. The van der Waals surface area contributed by atoms with E-state index in [1.54, 1.807) is 12.2 Å². The number of hydrogen-bond donors (Lipinski definition) is 2. The second-order valence-corrected chi connectivity index (χ2v) is 2.58. The van der Waals surface area contributed by atoms with Crippen molar-refractivity contribution in [2.75, 3.05) is 0 Å². The molecule has 2 heteroatoms. The summed E-state index contributed by atoms with van der Waals surface area (Å²) in [5.41, 5.74) is 6.98. The van der Waals surface area contributed by atoms with E-state index in [9.17, 15) is 5.11 Å². The van der Waals surface area contributed by atoms with Crippen LogP contribution in [0.4, 0.5) is 0 Å². The topological polar surface area (TPSA) is 46.2 Å². The molecule has 0 aliphatic rings. The Morgan fingerprint density at radius 3 is 2.42 bits per heavy atom. The minimum atomic E-state index is 0.178. The summed E-state index contributed by atoms with van der Waals surface area (Å²) in [6.07, 6.45) is 6.09. The zero-order valence-corrected chi connectivity index (χ0v) is 7.54. The minimum absolute atomic E-state index is 0.178. The summed E-state index contributed by atoms with van der Waals surface area (Å²) in [4.78, 5) is 0. The van der Waals surface area contributed by atoms with E-state index < -0.39 is 0 Å². The van der Waals surface area contributed by atoms with Gasteiger partial charge < -0.3 is 10.8 Å². The molecule has 0 heterocycles. The molecule has 0 aromatic carbocycles. The van der Waals surface area contributed by atoms with Crippen LogP contribution in [0.1, 0.15) is 13.8 Å². The maximum Gasteiger partial charge on any atom is 0.115 e. The number of rotatable bonds is 3. The summed E-state index contributed by atoms with van der Waals surface area (Å²) < 4.78 is 0. The first-order chi connectivity index (χ1) is 5.57. The average molecular weight is 165 g/mol. The van der Waals surface area contributed by atoms with Crippen LogP contribution in [0.3, 0.4) is 0 Å². The van der Waals surface area contributed by atoms with Crippen molar-refractivity contribution in [3.05, 3.63) is 47.9 Å². The molecule has 0 aromatic heterocycles. The van der Waals surface area contributed by atoms with Crippen molar-refractivity contribution >= 4 is 0 Å². The summed E-state index contributed by atoms with van der Waals surface area (Å²) in [6.45, 7) is 7.51. The maximum atomic E-state index is 9.24. The number of hydrogen-bond acceptors (Lipinski definition) is 2. The largest absolute Gasteiger partial charge is 0.508 e. The van der Waals surface area contributed by atoms with Gasteiger partial charge in [-0.25, -0.2) is 0 Å². The second kappa shape index (κ2) is 5.24. The van der Waals surface area contributed by atoms with Crippen molar-refractivity contribution in [1.29, 1.82) is 0 Å². The molecule has 0 bridgehead atoms. The van der Waals surface area contributed by atoms with Crippen LogP contribution < -0.4 is 5.73 Å². The van der Waals surface area contributed by atoms with Gasteiger partial charge in [0.2, 0.25) is 0 Å². The molecule has 2 nitrogen and oxygen atoms in total. The highest BCUT2D eigenvalue weighted by atomic mass is 16.3. The number of aliphatic hydroxyl groups excluding tert-OH is 1. The smallest absolute Gasteiger partial charge is 0.115 e. The Hall–Kier alpha value is -1.44. The first kappa shape index (κ1) is 10.6. The van der Waals surface area contributed by atoms with E-state index in [2.05, 4.69) is 6.58 Å². The average Bonchev–Trinajstić information content (AvgIpc) is 2.00. The van der Waals surface area contributed by atoms with E-state index in [-0.39, 0.29) is 5.76 Å². The van der Waals surface area contributed by atoms with Crippen LogP contribution in [-0.4, -0.2) is 5.11 Å². The molecule has 3 N–H and O–H groups in total. The fraction of sp³-hybridized carbons (Fsp3) is 0.200. The molecule has 0 aliphatic heterocycles. The van der Waals surface area contributed by atoms with Crippen molar-refractivity contribution in [3.63, 3.8) is 0 Å². The van der Waals surface area contributed by atoms with E-state index in [4.69, 9.17) is 5.73 Å². The van der Waals surface area contributed by atoms with Crippen molar-refractivity contribution in [2.45, 2.75) is 13.8 Å². The first-order valence-corrected chi connectivity index (χ1v) is 3.69. The highest BCUT2D eigenvalue weighted by Gasteiger charge is 1.90. The van der Waals surface area contributed by atoms with E-state index in [1.807, 2.05) is 13.8 Å². The lowest BCUT2D eigenvalue weighted by molar-refractivity contribution is 0.432. The van der Waals surface area contributed by atoms with Crippen LogP contribution >= 0.6 is 0 Å². The Balaban J connectivity index is 4.42. The molecule has 0 aliphatic carbocycles. The maximum absolute atomic E-state index is 9.24. The molecular weight excluding hydrogens is 150 g/mol. The quantitative estimate of drug-likeness (QED) is 0.498. The zero-order chi connectivity index (χ0) is 9.56. The lowest BCUT2D eigenvalue weighted by atomic mass is 10.1. The van der Waals surface area contributed by atoms with E-state index in [1.165, 1.54) is 12.3 Å². The van der Waals surface area contributed by atoms with Gasteiger partial charge in [0.1, 0.15) is 5.76 Å². The number of aliphatic hydroxyl groups is 1. The second-order valence-electron chi connectivity index (χ2n) is 2.58. The molecule has 0 amide bonds. The molecule has 0 saturated carbocycles. The normalized spacial score (nSPS) is 13.8. The molecule has 0 rings (SSSR count). The molecular formula is C10H15NO. The van der Waals surface area contributed by atoms with Gasteiger partial charge in [-0.1, -0.05) is 12.2 Å². The Morgan fingerprint density at radius 1 is 1.42 bits per heavy atom. The van der Waals surface area contributed by atoms with Gasteiger partial charge >= 0.3 is 0 Å². The molecule has 0 saturated heterocycles. The number of nitrogens with two attached hydrogens (primary N) is 1. The summed E-state index contributed by atoms with van der Waals surface area (Å²) in [7, 11) is 0. The van der Waals surface area contributed by atoms with Crippen LogP contribution in [0.5, 0.6) is 0 Å². The summed E-state index contributed by atoms with van der Waals surface area (Å²) in [6, 6.07) is 0. The summed E-state index contributed by atoms with van der Waals surface area (Å²) in [5.74, 6) is 0.178. The fourth-order valence-electron chi connectivity index (χ4n) is 0.547. The molecule has 12 heavy (non-hydrogen) atoms. The van der Waals surface area contributed by atoms with E-state index in [0.717, 1.165) is 11.1 Å². The molecule has 0 atom stereocenters. The van der Waals surface area contributed by atoms with E-state index in [0.29, 0.717) is 0 Å². The first-order valence-electron chi connectivity index (χ1n) is 3.69. The van der Waals surface area contributed by atoms with Crippen LogP contribution in [0.2, 0.25) is 0 Å². The van der Waals surface area contributed by atoms with Crippen molar-refractivity contribution < 1.29 is 5.11 Å². The van der Waals surface area contributed by atoms with Gasteiger partial charge in [-0.05, 0) is 43.8 Å². The summed E-state index contributed by atoms with van der Waals surface area (Å²) >= 11 is 0. The third-order valence-corrected chi connectivity index (χ3v) is 1.42. The van der Waals surface area contributed by atoms with Gasteiger partial charge in [0, 0.05) is 0 Å². The third-order valence-electron chi connectivity index (χ3n) is 1.42. The lowest BCUT2D eigenvalue weighted by Gasteiger charge is -1.97. The Labute approximate surface area is 73.4 Å². The number of allylic oxidation sites excluding steroid dienone is 5. The Morgan fingerprint density at radius 2 is 2.00 bits per heavy atom. The molecule has 66 valence electrons. The van der Waals surface area contributed by atoms with Crippen molar-refractivity contribution in [2.24, 2.45) is 5.73 Å². The predicted molar refractivity (Wildman–Crippen MR) is 52.6 cm³/mol. The molecule has 0 unspecified atom stereocenters. The van der Waals surface area contributed by atoms with Gasteiger partial charge in [-0.3, -0.25) is 0 Å². The van der Waals surface area contributed by atoms with Crippen LogP contribution in [-0.2, 0) is 0 Å². The SMILES string of the molecule is C=C(C)/C(C)=C/C(O)=C\C=C\N. The molecule has 0 aromatic rings. The van der Waals surface area contributed by atoms with Crippen LogP contribution in [0.25, 0.3) is 0 Å². The summed E-state index contributed by atoms with van der Waals surface area (Å²) in [5, 5.41) is 9.24. The van der Waals surface area contributed by atoms with Crippen LogP contribution in [0, 0.1) is 0 Å². The standard InChI is InChI=1S/C10H15NO/c1-8(2)9(3)7-10(12)5-4-6-11/h4-7,12H,1,11H2,2-3H3/b6-4+,9-7+,10-5+.